The summed E-state index contributed by atoms with van der Waals surface area (Å²) in [7, 11) is -9.92. The molecule has 0 aliphatic carbocycles. The first-order valence-corrected chi connectivity index (χ1v) is 43.9. The Morgan fingerprint density at radius 2 is 0.520 bits per heavy atom. The minimum atomic E-state index is -4.96. The molecule has 0 bridgehead atoms. The summed E-state index contributed by atoms with van der Waals surface area (Å²) >= 11 is 0. The van der Waals surface area contributed by atoms with Crippen LogP contribution in [0.1, 0.15) is 408 Å². The molecule has 0 saturated carbocycles. The minimum absolute atomic E-state index is 0.104. The summed E-state index contributed by atoms with van der Waals surface area (Å²) < 4.78 is 68.6. The minimum Gasteiger partial charge on any atom is -0.462 e. The fourth-order valence-electron chi connectivity index (χ4n) is 12.1. The number of carbonyl (C=O) groups excluding carboxylic acids is 4. The van der Waals surface area contributed by atoms with Crippen molar-refractivity contribution in [1.82, 2.24) is 0 Å². The summed E-state index contributed by atoms with van der Waals surface area (Å²) in [6, 6.07) is 0. The van der Waals surface area contributed by atoms with E-state index in [1.807, 2.05) is 0 Å². The molecule has 0 amide bonds. The van der Waals surface area contributed by atoms with Crippen molar-refractivity contribution in [2.24, 2.45) is 17.8 Å². The molecule has 0 rings (SSSR count). The van der Waals surface area contributed by atoms with Crippen molar-refractivity contribution in [2.75, 3.05) is 39.6 Å². The van der Waals surface area contributed by atoms with Gasteiger partial charge < -0.3 is 33.8 Å². The molecule has 0 fully saturated rings. The molecule has 17 nitrogen and oxygen atoms in total. The van der Waals surface area contributed by atoms with Crippen molar-refractivity contribution in [3.63, 3.8) is 0 Å². The van der Waals surface area contributed by atoms with Crippen LogP contribution in [0, 0.1) is 17.8 Å². The molecule has 0 aliphatic heterocycles. The third-order valence-electron chi connectivity index (χ3n) is 19.1. The predicted octanol–water partition coefficient (Wildman–Crippen LogP) is 23.4. The smallest absolute Gasteiger partial charge is 0.462 e. The van der Waals surface area contributed by atoms with Crippen molar-refractivity contribution in [1.29, 1.82) is 0 Å². The molecule has 0 saturated heterocycles. The lowest BCUT2D eigenvalue weighted by molar-refractivity contribution is -0.161. The zero-order valence-electron chi connectivity index (χ0n) is 64.3. The van der Waals surface area contributed by atoms with E-state index in [9.17, 15) is 43.2 Å². The Bertz CT molecular complexity index is 1910. The second-order valence-electron chi connectivity index (χ2n) is 29.4. The number of phosphoric ester groups is 2. The second kappa shape index (κ2) is 69.4. The maximum Gasteiger partial charge on any atom is 0.472 e. The Kier molecular flexibility index (Phi) is 68.1. The molecule has 98 heavy (non-hydrogen) atoms. The third kappa shape index (κ3) is 69.8. The topological polar surface area (TPSA) is 237 Å². The van der Waals surface area contributed by atoms with Gasteiger partial charge in [-0.05, 0) is 43.4 Å². The summed E-state index contributed by atoms with van der Waals surface area (Å²) in [5.74, 6) is 0.183. The molecular weight excluding hydrogens is 1280 g/mol. The quantitative estimate of drug-likeness (QED) is 0.0222. The Labute approximate surface area is 600 Å². The van der Waals surface area contributed by atoms with Gasteiger partial charge >= 0.3 is 39.5 Å². The number of carbonyl (C=O) groups is 4. The Morgan fingerprint density at radius 1 is 0.296 bits per heavy atom. The van der Waals surface area contributed by atoms with E-state index in [2.05, 4.69) is 48.5 Å². The summed E-state index contributed by atoms with van der Waals surface area (Å²) in [6.07, 6.45) is 56.9. The Morgan fingerprint density at radius 3 is 0.776 bits per heavy atom. The number of esters is 4. The van der Waals surface area contributed by atoms with Crippen molar-refractivity contribution in [3.05, 3.63) is 0 Å². The molecule has 0 aromatic heterocycles. The molecular formula is C79H154O17P2. The molecule has 0 aliphatic rings. The summed E-state index contributed by atoms with van der Waals surface area (Å²) in [5, 5.41) is 10.6. The first-order chi connectivity index (χ1) is 47.3. The van der Waals surface area contributed by atoms with Crippen LogP contribution in [0.5, 0.6) is 0 Å². The summed E-state index contributed by atoms with van der Waals surface area (Å²) in [6.45, 7) is 11.9. The van der Waals surface area contributed by atoms with Crippen LogP contribution in [-0.2, 0) is 65.4 Å². The highest BCUT2D eigenvalue weighted by atomic mass is 31.2. The number of hydrogen-bond acceptors (Lipinski definition) is 15. The first kappa shape index (κ1) is 96.1. The van der Waals surface area contributed by atoms with Crippen LogP contribution in [0.25, 0.3) is 0 Å². The number of hydrogen-bond donors (Lipinski definition) is 3. The van der Waals surface area contributed by atoms with E-state index >= 15 is 0 Å². The van der Waals surface area contributed by atoms with Gasteiger partial charge in [-0.1, -0.05) is 357 Å². The molecule has 7 atom stereocenters. The highest BCUT2D eigenvalue weighted by Crippen LogP contribution is 2.45. The lowest BCUT2D eigenvalue weighted by Crippen LogP contribution is -2.30. The maximum absolute atomic E-state index is 13.1. The van der Waals surface area contributed by atoms with Crippen LogP contribution in [-0.4, -0.2) is 96.7 Å². The van der Waals surface area contributed by atoms with Gasteiger partial charge in [-0.15, -0.1) is 0 Å². The Balaban J connectivity index is 5.24. The van der Waals surface area contributed by atoms with Crippen molar-refractivity contribution >= 4 is 39.5 Å². The molecule has 0 spiro atoms. The van der Waals surface area contributed by atoms with E-state index in [0.29, 0.717) is 25.7 Å². The van der Waals surface area contributed by atoms with Crippen molar-refractivity contribution in [3.8, 4) is 0 Å². The van der Waals surface area contributed by atoms with Crippen molar-refractivity contribution < 1.29 is 80.2 Å². The largest absolute Gasteiger partial charge is 0.472 e. The fourth-order valence-corrected chi connectivity index (χ4v) is 13.6. The number of aliphatic hydroxyl groups excluding tert-OH is 1. The lowest BCUT2D eigenvalue weighted by Gasteiger charge is -2.21. The lowest BCUT2D eigenvalue weighted by atomic mass is 9.99. The second-order valence-corrected chi connectivity index (χ2v) is 32.3. The zero-order chi connectivity index (χ0) is 72.3. The van der Waals surface area contributed by atoms with Crippen LogP contribution in [0.3, 0.4) is 0 Å². The highest BCUT2D eigenvalue weighted by Gasteiger charge is 2.30. The average molecular weight is 1440 g/mol. The van der Waals surface area contributed by atoms with Gasteiger partial charge in [0.15, 0.2) is 12.2 Å². The SMILES string of the molecule is CCCCCCCCCCCCCCCCCCCCCC(=O)O[C@H](COC(=O)CCCCCCCCCCCCCCCCC(C)C)COP(=O)(O)OC[C@@H](O)COP(=O)(O)OC[C@@H](COC(=O)CCCCCCCCC(C)CC)OC(=O)CCCCCCCCCCC(C)CC. The Hall–Kier alpha value is -1.94. The zero-order valence-corrected chi connectivity index (χ0v) is 66.0. The molecule has 0 radical (unpaired) electrons. The van der Waals surface area contributed by atoms with Crippen molar-refractivity contribution in [2.45, 2.75) is 426 Å². The van der Waals surface area contributed by atoms with Crippen LogP contribution in [0.2, 0.25) is 0 Å². The number of unbranched alkanes of at least 4 members (excludes halogenated alkanes) is 43. The van der Waals surface area contributed by atoms with Gasteiger partial charge in [-0.3, -0.25) is 37.3 Å². The van der Waals surface area contributed by atoms with Gasteiger partial charge in [-0.2, -0.15) is 0 Å². The number of phosphoric acid groups is 2. The van der Waals surface area contributed by atoms with E-state index in [1.165, 1.54) is 212 Å². The normalized spacial score (nSPS) is 14.6. The van der Waals surface area contributed by atoms with E-state index < -0.39 is 97.5 Å². The van der Waals surface area contributed by atoms with E-state index in [4.69, 9.17) is 37.0 Å². The van der Waals surface area contributed by atoms with E-state index in [-0.39, 0.29) is 25.7 Å². The monoisotopic (exact) mass is 1440 g/mol. The molecule has 0 aromatic carbocycles. The van der Waals surface area contributed by atoms with Gasteiger partial charge in [0, 0.05) is 25.7 Å². The van der Waals surface area contributed by atoms with Crippen LogP contribution < -0.4 is 0 Å². The number of aliphatic hydroxyl groups is 1. The van der Waals surface area contributed by atoms with Crippen LogP contribution >= 0.6 is 15.6 Å². The first-order valence-electron chi connectivity index (χ1n) is 40.9. The fraction of sp³-hybridized carbons (Fsp3) is 0.949. The molecule has 582 valence electrons. The number of rotatable bonds is 77. The van der Waals surface area contributed by atoms with Gasteiger partial charge in [0.2, 0.25) is 0 Å². The molecule has 19 heteroatoms. The standard InChI is InChI=1S/C79H154O17P2/c1-8-11-12-13-14-15-16-17-18-19-20-21-22-27-30-33-39-48-55-62-78(83)95-74(66-89-76(81)60-53-46-38-32-29-26-24-23-25-28-31-36-43-50-57-70(4)5)68-93-97(85,86)91-64-73(80)65-92-98(87,88)94-69-75(67-90-77(82)61-54-47-42-41-45-52-59-72(7)10-3)96-79(84)63-56-49-40-35-34-37-44-51-58-71(6)9-2/h70-75,80H,8-69H2,1-7H3,(H,85,86)(H,87,88)/t71?,72?,73-,74-,75-/m1/s1. The van der Waals surface area contributed by atoms with E-state index in [1.54, 1.807) is 0 Å². The molecule has 3 N–H and O–H groups in total. The molecule has 0 aromatic rings. The molecule has 4 unspecified atom stereocenters. The van der Waals surface area contributed by atoms with Gasteiger partial charge in [0.05, 0.1) is 26.4 Å². The van der Waals surface area contributed by atoms with E-state index in [0.717, 1.165) is 114 Å². The predicted molar refractivity (Wildman–Crippen MR) is 400 cm³/mol. The van der Waals surface area contributed by atoms with Gasteiger partial charge in [0.25, 0.3) is 0 Å². The molecule has 0 heterocycles. The maximum atomic E-state index is 13.1. The van der Waals surface area contributed by atoms with Crippen LogP contribution in [0.15, 0.2) is 0 Å². The van der Waals surface area contributed by atoms with Gasteiger partial charge in [-0.25, -0.2) is 9.13 Å². The summed E-state index contributed by atoms with van der Waals surface area (Å²) in [5.41, 5.74) is 0. The van der Waals surface area contributed by atoms with Gasteiger partial charge in [0.1, 0.15) is 19.3 Å². The summed E-state index contributed by atoms with van der Waals surface area (Å²) in [4.78, 5) is 72.9. The average Bonchev–Trinajstić information content (AvgIpc) is 0.973. The number of ether oxygens (including phenoxy) is 4. The highest BCUT2D eigenvalue weighted by molar-refractivity contribution is 7.47. The third-order valence-corrected chi connectivity index (χ3v) is 21.0. The van der Waals surface area contributed by atoms with Crippen LogP contribution in [0.4, 0.5) is 0 Å².